The summed E-state index contributed by atoms with van der Waals surface area (Å²) in [5, 5.41) is 14.3. The highest BCUT2D eigenvalue weighted by Gasteiger charge is 2.18. The summed E-state index contributed by atoms with van der Waals surface area (Å²) in [5.41, 5.74) is 3.29. The highest BCUT2D eigenvalue weighted by molar-refractivity contribution is 6.32. The minimum Gasteiger partial charge on any atom is -0.478 e. The van der Waals surface area contributed by atoms with Crippen LogP contribution in [0.15, 0.2) is 24.3 Å². The second-order valence-corrected chi connectivity index (χ2v) is 4.87. The molecule has 3 rings (SSSR count). The molecule has 2 aromatic heterocycles. The molecule has 20 heavy (non-hydrogen) atoms. The third-order valence-electron chi connectivity index (χ3n) is 3.25. The van der Waals surface area contributed by atoms with E-state index in [-0.39, 0.29) is 0 Å². The molecule has 0 N–H and O–H groups in total. The lowest BCUT2D eigenvalue weighted by molar-refractivity contribution is 0.396. The number of hydrogen-bond acceptors (Lipinski definition) is 4. The van der Waals surface area contributed by atoms with Crippen LogP contribution < -0.4 is 4.74 Å². The van der Waals surface area contributed by atoms with Gasteiger partial charge in [0.2, 0.25) is 0 Å². The molecule has 0 aliphatic carbocycles. The van der Waals surface area contributed by atoms with Gasteiger partial charge < -0.3 is 4.74 Å². The van der Waals surface area contributed by atoms with Crippen LogP contribution in [0.5, 0.6) is 5.88 Å². The Morgan fingerprint density at radius 2 is 1.90 bits per heavy atom. The Labute approximate surface area is 121 Å². The summed E-state index contributed by atoms with van der Waals surface area (Å²) in [5.74, 6) is 0.416. The molecule has 1 aromatic carbocycles. The fraction of sp³-hybridized carbons (Fsp3) is 0.214. The maximum atomic E-state index is 6.25. The van der Waals surface area contributed by atoms with Gasteiger partial charge in [-0.05, 0) is 26.0 Å². The molecule has 0 radical (unpaired) electrons. The van der Waals surface area contributed by atoms with Gasteiger partial charge in [-0.2, -0.15) is 10.2 Å². The van der Waals surface area contributed by atoms with Crippen LogP contribution in [0.25, 0.3) is 16.6 Å². The summed E-state index contributed by atoms with van der Waals surface area (Å²) in [6, 6.07) is 7.57. The molecule has 102 valence electrons. The van der Waals surface area contributed by atoms with Crippen molar-refractivity contribution < 1.29 is 4.74 Å². The molecule has 5 nitrogen and oxygen atoms in total. The van der Waals surface area contributed by atoms with Crippen molar-refractivity contribution in [1.82, 2.24) is 20.0 Å². The van der Waals surface area contributed by atoms with E-state index in [1.165, 1.54) is 0 Å². The van der Waals surface area contributed by atoms with Crippen LogP contribution in [-0.4, -0.2) is 27.1 Å². The summed E-state index contributed by atoms with van der Waals surface area (Å²) >= 11 is 6.25. The van der Waals surface area contributed by atoms with Gasteiger partial charge in [-0.15, -0.1) is 5.10 Å². The fourth-order valence-corrected chi connectivity index (χ4v) is 2.51. The first-order valence-electron chi connectivity index (χ1n) is 6.15. The molecular weight excluding hydrogens is 276 g/mol. The van der Waals surface area contributed by atoms with Crippen molar-refractivity contribution >= 4 is 22.5 Å². The van der Waals surface area contributed by atoms with E-state index in [0.717, 1.165) is 22.5 Å². The van der Waals surface area contributed by atoms with E-state index in [2.05, 4.69) is 15.3 Å². The molecule has 0 aliphatic heterocycles. The average Bonchev–Trinajstić information content (AvgIpc) is 2.79. The number of para-hydroxylation sites is 1. The Kier molecular flexibility index (Phi) is 3.06. The number of benzene rings is 1. The Morgan fingerprint density at radius 3 is 2.60 bits per heavy atom. The summed E-state index contributed by atoms with van der Waals surface area (Å²) in [6.45, 7) is 3.88. The van der Waals surface area contributed by atoms with Crippen LogP contribution in [0.1, 0.15) is 11.4 Å². The van der Waals surface area contributed by atoms with Gasteiger partial charge in [-0.25, -0.2) is 4.68 Å². The van der Waals surface area contributed by atoms with Crippen LogP contribution >= 0.6 is 11.6 Å². The van der Waals surface area contributed by atoms with Crippen molar-refractivity contribution in [3.8, 4) is 11.6 Å². The zero-order valence-corrected chi connectivity index (χ0v) is 12.1. The highest BCUT2D eigenvalue weighted by Crippen LogP contribution is 2.30. The van der Waals surface area contributed by atoms with Gasteiger partial charge in [-0.1, -0.05) is 23.7 Å². The number of rotatable bonds is 2. The van der Waals surface area contributed by atoms with Gasteiger partial charge >= 0.3 is 0 Å². The summed E-state index contributed by atoms with van der Waals surface area (Å²) in [4.78, 5) is 0. The number of halogens is 1. The highest BCUT2D eigenvalue weighted by atomic mass is 35.5. The molecule has 0 saturated carbocycles. The van der Waals surface area contributed by atoms with Gasteiger partial charge in [0.1, 0.15) is 0 Å². The maximum absolute atomic E-state index is 6.25. The molecule has 0 fully saturated rings. The minimum absolute atomic E-state index is 0.416. The van der Waals surface area contributed by atoms with Crippen LogP contribution in [0.3, 0.4) is 0 Å². The third-order valence-corrected chi connectivity index (χ3v) is 3.57. The van der Waals surface area contributed by atoms with Crippen molar-refractivity contribution in [3.63, 3.8) is 0 Å². The number of ether oxygens (including phenoxy) is 1. The van der Waals surface area contributed by atoms with Crippen molar-refractivity contribution in [2.24, 2.45) is 0 Å². The van der Waals surface area contributed by atoms with Crippen molar-refractivity contribution in [1.29, 1.82) is 0 Å². The molecular formula is C14H13ClN4O. The van der Waals surface area contributed by atoms with E-state index in [0.29, 0.717) is 16.4 Å². The standard InChI is InChI=1S/C14H13ClN4O/c1-8-12-9(2)19(11-7-5-4-6-10(11)15)18-13(12)14(20-3)17-16-8/h4-7H,1-3H3. The zero-order valence-electron chi connectivity index (χ0n) is 11.4. The first kappa shape index (κ1) is 12.9. The summed E-state index contributed by atoms with van der Waals surface area (Å²) in [7, 11) is 1.56. The predicted octanol–water partition coefficient (Wildman–Crippen LogP) is 3.09. The Bertz CT molecular complexity index is 797. The van der Waals surface area contributed by atoms with E-state index in [1.807, 2.05) is 38.1 Å². The maximum Gasteiger partial charge on any atom is 0.261 e. The van der Waals surface area contributed by atoms with Gasteiger partial charge in [0, 0.05) is 0 Å². The summed E-state index contributed by atoms with van der Waals surface area (Å²) in [6.07, 6.45) is 0. The number of methoxy groups -OCH3 is 1. The van der Waals surface area contributed by atoms with E-state index < -0.39 is 0 Å². The molecule has 0 aliphatic rings. The smallest absolute Gasteiger partial charge is 0.261 e. The number of hydrogen-bond donors (Lipinski definition) is 0. The molecule has 6 heteroatoms. The van der Waals surface area contributed by atoms with Crippen molar-refractivity contribution in [2.45, 2.75) is 13.8 Å². The van der Waals surface area contributed by atoms with E-state index in [4.69, 9.17) is 16.3 Å². The molecule has 2 heterocycles. The van der Waals surface area contributed by atoms with Gasteiger partial charge in [0.05, 0.1) is 34.6 Å². The molecule has 0 bridgehead atoms. The van der Waals surface area contributed by atoms with Crippen LogP contribution in [-0.2, 0) is 0 Å². The zero-order chi connectivity index (χ0) is 14.3. The average molecular weight is 289 g/mol. The van der Waals surface area contributed by atoms with Crippen LogP contribution in [0.4, 0.5) is 0 Å². The monoisotopic (exact) mass is 288 g/mol. The molecule has 0 atom stereocenters. The minimum atomic E-state index is 0.416. The Balaban J connectivity index is 2.37. The summed E-state index contributed by atoms with van der Waals surface area (Å²) < 4.78 is 7.03. The molecule has 0 amide bonds. The van der Waals surface area contributed by atoms with Crippen molar-refractivity contribution in [3.05, 3.63) is 40.7 Å². The first-order chi connectivity index (χ1) is 9.63. The number of aryl methyl sites for hydroxylation is 2. The molecule has 0 unspecified atom stereocenters. The van der Waals surface area contributed by atoms with Crippen LogP contribution in [0.2, 0.25) is 5.02 Å². The lowest BCUT2D eigenvalue weighted by Gasteiger charge is -2.05. The predicted molar refractivity (Wildman–Crippen MR) is 77.7 cm³/mol. The number of fused-ring (bicyclic) bond motifs is 1. The lowest BCUT2D eigenvalue weighted by Crippen LogP contribution is -1.99. The molecule has 0 saturated heterocycles. The number of aromatic nitrogens is 4. The van der Waals surface area contributed by atoms with Gasteiger partial charge in [-0.3, -0.25) is 0 Å². The fourth-order valence-electron chi connectivity index (χ4n) is 2.30. The second-order valence-electron chi connectivity index (χ2n) is 4.47. The second kappa shape index (κ2) is 4.76. The third kappa shape index (κ3) is 1.82. The Hall–Kier alpha value is -2.14. The van der Waals surface area contributed by atoms with E-state index in [9.17, 15) is 0 Å². The van der Waals surface area contributed by atoms with E-state index >= 15 is 0 Å². The normalized spacial score (nSPS) is 11.0. The molecule has 3 aromatic rings. The first-order valence-corrected chi connectivity index (χ1v) is 6.52. The lowest BCUT2D eigenvalue weighted by atomic mass is 10.2. The number of nitrogens with zero attached hydrogens (tertiary/aromatic N) is 4. The van der Waals surface area contributed by atoms with Gasteiger partial charge in [0.15, 0.2) is 5.52 Å². The van der Waals surface area contributed by atoms with Gasteiger partial charge in [0.25, 0.3) is 5.88 Å². The van der Waals surface area contributed by atoms with Crippen LogP contribution in [0, 0.1) is 13.8 Å². The molecule has 0 spiro atoms. The largest absolute Gasteiger partial charge is 0.478 e. The topological polar surface area (TPSA) is 52.8 Å². The van der Waals surface area contributed by atoms with E-state index in [1.54, 1.807) is 11.8 Å². The Morgan fingerprint density at radius 1 is 1.15 bits per heavy atom. The SMILES string of the molecule is COc1nnc(C)c2c(C)n(-c3ccccc3Cl)nc12. The quantitative estimate of drug-likeness (QED) is 0.727. The van der Waals surface area contributed by atoms with Crippen molar-refractivity contribution in [2.75, 3.05) is 7.11 Å².